The third-order valence-corrected chi connectivity index (χ3v) is 7.02. The average molecular weight is 452 g/mol. The number of likely N-dealkylation sites (tertiary alicyclic amines) is 1. The molecule has 2 aromatic carbocycles. The molecule has 3 aromatic rings. The monoisotopic (exact) mass is 451 g/mol. The molecule has 168 valence electrons. The molecule has 0 aliphatic carbocycles. The average Bonchev–Trinajstić information content (AvgIpc) is 3.54. The first-order valence-electron chi connectivity index (χ1n) is 11.6. The fourth-order valence-corrected chi connectivity index (χ4v) is 5.04. The van der Waals surface area contributed by atoms with E-state index in [1.165, 1.54) is 18.4 Å². The molecule has 0 bridgehead atoms. The van der Waals surface area contributed by atoms with E-state index in [4.69, 9.17) is 16.6 Å². The van der Waals surface area contributed by atoms with E-state index in [0.717, 1.165) is 73.8 Å². The maximum atomic E-state index is 12.7. The highest BCUT2D eigenvalue weighted by Crippen LogP contribution is 2.33. The number of aromatic amines is 1. The largest absolute Gasteiger partial charge is 0.371 e. The number of hydrogen-bond acceptors (Lipinski definition) is 4. The van der Waals surface area contributed by atoms with Crippen LogP contribution in [-0.4, -0.2) is 60.0 Å². The van der Waals surface area contributed by atoms with Crippen LogP contribution >= 0.6 is 11.6 Å². The Morgan fingerprint density at radius 1 is 1.19 bits per heavy atom. The summed E-state index contributed by atoms with van der Waals surface area (Å²) >= 11 is 6.54. The lowest BCUT2D eigenvalue weighted by atomic mass is 10.1. The Morgan fingerprint density at radius 3 is 2.88 bits per heavy atom. The lowest BCUT2D eigenvalue weighted by molar-refractivity contribution is -0.124. The number of amides is 1. The lowest BCUT2D eigenvalue weighted by Crippen LogP contribution is -2.37. The van der Waals surface area contributed by atoms with Gasteiger partial charge in [0.1, 0.15) is 5.82 Å². The van der Waals surface area contributed by atoms with Crippen molar-refractivity contribution in [1.29, 1.82) is 0 Å². The van der Waals surface area contributed by atoms with Crippen LogP contribution in [0.4, 0.5) is 5.69 Å². The van der Waals surface area contributed by atoms with Crippen molar-refractivity contribution in [3.8, 4) is 11.4 Å². The van der Waals surface area contributed by atoms with Crippen molar-refractivity contribution in [2.24, 2.45) is 5.92 Å². The Kier molecular flexibility index (Phi) is 6.07. The summed E-state index contributed by atoms with van der Waals surface area (Å²) in [5.41, 5.74) is 5.08. The van der Waals surface area contributed by atoms with Crippen molar-refractivity contribution in [1.82, 2.24) is 20.2 Å². The topological polar surface area (TPSA) is 64.3 Å². The quantitative estimate of drug-likeness (QED) is 0.588. The molecule has 1 unspecified atom stereocenters. The molecular weight excluding hydrogens is 422 g/mol. The summed E-state index contributed by atoms with van der Waals surface area (Å²) in [5.74, 6) is 0.975. The molecule has 2 aliphatic heterocycles. The zero-order valence-corrected chi connectivity index (χ0v) is 19.3. The van der Waals surface area contributed by atoms with Gasteiger partial charge in [0.15, 0.2) is 0 Å². The Hall–Kier alpha value is -2.57. The van der Waals surface area contributed by atoms with Gasteiger partial charge in [0.2, 0.25) is 5.91 Å². The second-order valence-electron chi connectivity index (χ2n) is 9.04. The molecule has 32 heavy (non-hydrogen) atoms. The maximum absolute atomic E-state index is 12.7. The van der Waals surface area contributed by atoms with Crippen molar-refractivity contribution in [2.45, 2.75) is 26.2 Å². The minimum atomic E-state index is 0.0295. The van der Waals surface area contributed by atoms with Crippen LogP contribution in [0.25, 0.3) is 22.4 Å². The third kappa shape index (κ3) is 4.48. The Morgan fingerprint density at radius 2 is 2.03 bits per heavy atom. The molecule has 7 heteroatoms. The van der Waals surface area contributed by atoms with Gasteiger partial charge in [-0.1, -0.05) is 17.7 Å². The number of imidazole rings is 1. The first-order valence-corrected chi connectivity index (χ1v) is 12.0. The van der Waals surface area contributed by atoms with E-state index in [1.54, 1.807) is 0 Å². The Balaban J connectivity index is 1.25. The highest BCUT2D eigenvalue weighted by atomic mass is 35.5. The van der Waals surface area contributed by atoms with Gasteiger partial charge in [-0.15, -0.1) is 0 Å². The molecule has 2 N–H and O–H groups in total. The van der Waals surface area contributed by atoms with Gasteiger partial charge in [-0.2, -0.15) is 0 Å². The van der Waals surface area contributed by atoms with Crippen LogP contribution in [0.1, 0.15) is 24.8 Å². The van der Waals surface area contributed by atoms with Crippen LogP contribution in [0.5, 0.6) is 0 Å². The number of aryl methyl sites for hydroxylation is 1. The van der Waals surface area contributed by atoms with Crippen LogP contribution in [0.15, 0.2) is 36.4 Å². The van der Waals surface area contributed by atoms with Gasteiger partial charge >= 0.3 is 0 Å². The number of aromatic nitrogens is 2. The van der Waals surface area contributed by atoms with Crippen LogP contribution in [0.3, 0.4) is 0 Å². The molecule has 2 aliphatic rings. The molecule has 1 amide bonds. The summed E-state index contributed by atoms with van der Waals surface area (Å²) in [7, 11) is 0. The predicted octanol–water partition coefficient (Wildman–Crippen LogP) is 4.23. The first kappa shape index (κ1) is 21.3. The molecule has 0 spiro atoms. The van der Waals surface area contributed by atoms with Gasteiger partial charge in [-0.25, -0.2) is 4.98 Å². The predicted molar refractivity (Wildman–Crippen MR) is 130 cm³/mol. The van der Waals surface area contributed by atoms with E-state index in [1.807, 2.05) is 18.2 Å². The van der Waals surface area contributed by atoms with Gasteiger partial charge in [0, 0.05) is 37.4 Å². The lowest BCUT2D eigenvalue weighted by Gasteiger charge is -2.20. The number of carbonyl (C=O) groups is 1. The fourth-order valence-electron chi connectivity index (χ4n) is 4.83. The van der Waals surface area contributed by atoms with E-state index in [0.29, 0.717) is 5.02 Å². The molecule has 1 aromatic heterocycles. The van der Waals surface area contributed by atoms with E-state index < -0.39 is 0 Å². The second kappa shape index (κ2) is 9.12. The smallest absolute Gasteiger partial charge is 0.225 e. The number of H-pyrrole nitrogens is 1. The molecule has 0 radical (unpaired) electrons. The zero-order chi connectivity index (χ0) is 22.1. The summed E-state index contributed by atoms with van der Waals surface area (Å²) in [6.45, 7) is 7.69. The second-order valence-corrected chi connectivity index (χ2v) is 9.45. The summed E-state index contributed by atoms with van der Waals surface area (Å²) < 4.78 is 0. The molecule has 1 atom stereocenters. The van der Waals surface area contributed by atoms with E-state index in [-0.39, 0.29) is 11.8 Å². The first-order chi connectivity index (χ1) is 15.6. The standard InChI is InChI=1S/C25H30ClN5O/c1-17-4-7-22-23(14-17)29-24(28-22)20-15-19(5-6-21(20)26)31-12-8-18(16-31)25(32)27-9-13-30-10-2-3-11-30/h4-7,14-15,18H,2-3,8-13,16H2,1H3,(H,27,32)(H,28,29). The number of benzene rings is 2. The summed E-state index contributed by atoms with van der Waals surface area (Å²) in [4.78, 5) is 25.5. The molecule has 0 saturated carbocycles. The number of anilines is 1. The van der Waals surface area contributed by atoms with Crippen molar-refractivity contribution in [2.75, 3.05) is 44.2 Å². The summed E-state index contributed by atoms with van der Waals surface area (Å²) in [6, 6.07) is 12.2. The van der Waals surface area contributed by atoms with E-state index in [2.05, 4.69) is 45.2 Å². The Labute approximate surface area is 194 Å². The van der Waals surface area contributed by atoms with Crippen molar-refractivity contribution in [3.05, 3.63) is 47.0 Å². The van der Waals surface area contributed by atoms with Gasteiger partial charge in [0.25, 0.3) is 0 Å². The SMILES string of the molecule is Cc1ccc2[nH]c(-c3cc(N4CCC(C(=O)NCCN5CCCC5)C4)ccc3Cl)nc2c1. The van der Waals surface area contributed by atoms with Crippen molar-refractivity contribution in [3.63, 3.8) is 0 Å². The number of hydrogen-bond donors (Lipinski definition) is 2. The highest BCUT2D eigenvalue weighted by molar-refractivity contribution is 6.33. The molecule has 2 saturated heterocycles. The van der Waals surface area contributed by atoms with Gasteiger partial charge in [0.05, 0.1) is 22.0 Å². The summed E-state index contributed by atoms with van der Waals surface area (Å²) in [5, 5.41) is 3.81. The minimum Gasteiger partial charge on any atom is -0.371 e. The number of rotatable bonds is 6. The molecule has 5 rings (SSSR count). The third-order valence-electron chi connectivity index (χ3n) is 6.69. The van der Waals surface area contributed by atoms with Crippen molar-refractivity contribution >= 4 is 34.2 Å². The van der Waals surface area contributed by atoms with Crippen LogP contribution < -0.4 is 10.2 Å². The number of fused-ring (bicyclic) bond motifs is 1. The summed E-state index contributed by atoms with van der Waals surface area (Å²) in [6.07, 6.45) is 3.43. The van der Waals surface area contributed by atoms with Gasteiger partial charge in [-0.05, 0) is 75.2 Å². The van der Waals surface area contributed by atoms with Crippen LogP contribution in [-0.2, 0) is 4.79 Å². The van der Waals surface area contributed by atoms with Gasteiger partial charge in [-0.3, -0.25) is 4.79 Å². The number of nitrogens with one attached hydrogen (secondary N) is 2. The number of carbonyl (C=O) groups excluding carboxylic acids is 1. The fraction of sp³-hybridized carbons (Fsp3) is 0.440. The normalized spacial score (nSPS) is 19.2. The Bertz CT molecular complexity index is 1120. The molecule has 6 nitrogen and oxygen atoms in total. The molecule has 3 heterocycles. The van der Waals surface area contributed by atoms with Crippen LogP contribution in [0, 0.1) is 12.8 Å². The van der Waals surface area contributed by atoms with Crippen LogP contribution in [0.2, 0.25) is 5.02 Å². The molecule has 2 fully saturated rings. The zero-order valence-electron chi connectivity index (χ0n) is 18.5. The van der Waals surface area contributed by atoms with E-state index >= 15 is 0 Å². The van der Waals surface area contributed by atoms with E-state index in [9.17, 15) is 4.79 Å². The van der Waals surface area contributed by atoms with Gasteiger partial charge < -0.3 is 20.1 Å². The number of nitrogens with zero attached hydrogens (tertiary/aromatic N) is 3. The van der Waals surface area contributed by atoms with Crippen molar-refractivity contribution < 1.29 is 4.79 Å². The minimum absolute atomic E-state index is 0.0295. The highest BCUT2D eigenvalue weighted by Gasteiger charge is 2.29. The maximum Gasteiger partial charge on any atom is 0.225 e. The molecular formula is C25H30ClN5O. The number of halogens is 1.